The molecule has 0 spiro atoms. The number of benzene rings is 1. The summed E-state index contributed by atoms with van der Waals surface area (Å²) in [6.07, 6.45) is 4.90. The molecule has 1 aromatic carbocycles. The van der Waals surface area contributed by atoms with E-state index in [2.05, 4.69) is 49.5 Å². The first-order chi connectivity index (χ1) is 8.70. The third-order valence-electron chi connectivity index (χ3n) is 3.79. The van der Waals surface area contributed by atoms with Crippen LogP contribution in [0.2, 0.25) is 0 Å². The number of nitrogens with one attached hydrogen (secondary N) is 1. The van der Waals surface area contributed by atoms with Gasteiger partial charge >= 0.3 is 0 Å². The summed E-state index contributed by atoms with van der Waals surface area (Å²) in [5.41, 5.74) is 1.43. The van der Waals surface area contributed by atoms with Gasteiger partial charge in [-0.05, 0) is 37.8 Å². The van der Waals surface area contributed by atoms with Crippen LogP contribution >= 0.6 is 0 Å². The highest BCUT2D eigenvalue weighted by atomic mass is 16.5. The summed E-state index contributed by atoms with van der Waals surface area (Å²) in [4.78, 5) is 0. The van der Waals surface area contributed by atoms with Crippen molar-refractivity contribution in [1.82, 2.24) is 5.32 Å². The van der Waals surface area contributed by atoms with E-state index in [4.69, 9.17) is 4.74 Å². The predicted molar refractivity (Wildman–Crippen MR) is 75.6 cm³/mol. The van der Waals surface area contributed by atoms with Crippen molar-refractivity contribution < 1.29 is 4.74 Å². The average molecular weight is 247 g/mol. The molecule has 1 aliphatic carbocycles. The lowest BCUT2D eigenvalue weighted by molar-refractivity contribution is -0.114. The Morgan fingerprint density at radius 3 is 2.50 bits per heavy atom. The van der Waals surface area contributed by atoms with Gasteiger partial charge in [-0.1, -0.05) is 44.2 Å². The lowest BCUT2D eigenvalue weighted by Crippen LogP contribution is -2.43. The SMILES string of the molecule is CC(C)NCCC1(OCc2ccccc2)CCC1. The molecule has 1 N–H and O–H groups in total. The van der Waals surface area contributed by atoms with Crippen molar-refractivity contribution in [2.24, 2.45) is 0 Å². The third kappa shape index (κ3) is 3.82. The second kappa shape index (κ2) is 6.35. The van der Waals surface area contributed by atoms with Crippen LogP contribution in [-0.2, 0) is 11.3 Å². The van der Waals surface area contributed by atoms with Gasteiger partial charge in [0.25, 0.3) is 0 Å². The van der Waals surface area contributed by atoms with E-state index in [1.807, 2.05) is 0 Å². The fraction of sp³-hybridized carbons (Fsp3) is 0.625. The Morgan fingerprint density at radius 1 is 1.22 bits per heavy atom. The molecule has 0 unspecified atom stereocenters. The van der Waals surface area contributed by atoms with E-state index in [0.717, 1.165) is 19.6 Å². The van der Waals surface area contributed by atoms with Crippen LogP contribution in [0, 0.1) is 0 Å². The summed E-state index contributed by atoms with van der Waals surface area (Å²) in [6.45, 7) is 6.20. The molecule has 1 aromatic rings. The maximum Gasteiger partial charge on any atom is 0.0724 e. The maximum absolute atomic E-state index is 6.19. The molecule has 2 heteroatoms. The molecule has 0 radical (unpaired) electrons. The molecule has 1 aliphatic rings. The minimum atomic E-state index is 0.151. The maximum atomic E-state index is 6.19. The van der Waals surface area contributed by atoms with Gasteiger partial charge in [0.05, 0.1) is 12.2 Å². The molecule has 0 bridgehead atoms. The van der Waals surface area contributed by atoms with Gasteiger partial charge in [-0.15, -0.1) is 0 Å². The third-order valence-corrected chi connectivity index (χ3v) is 3.79. The van der Waals surface area contributed by atoms with Crippen molar-refractivity contribution in [3.8, 4) is 0 Å². The van der Waals surface area contributed by atoms with Gasteiger partial charge in [0.15, 0.2) is 0 Å². The van der Waals surface area contributed by atoms with Crippen LogP contribution in [0.4, 0.5) is 0 Å². The van der Waals surface area contributed by atoms with E-state index in [-0.39, 0.29) is 5.60 Å². The molecule has 0 saturated heterocycles. The van der Waals surface area contributed by atoms with Crippen LogP contribution in [0.15, 0.2) is 30.3 Å². The van der Waals surface area contributed by atoms with E-state index in [1.165, 1.54) is 24.8 Å². The highest BCUT2D eigenvalue weighted by molar-refractivity contribution is 5.13. The zero-order chi connectivity index (χ0) is 12.8. The normalized spacial score (nSPS) is 17.7. The second-order valence-corrected chi connectivity index (χ2v) is 5.67. The van der Waals surface area contributed by atoms with Crippen molar-refractivity contribution in [3.05, 3.63) is 35.9 Å². The molecule has 0 heterocycles. The van der Waals surface area contributed by atoms with E-state index in [9.17, 15) is 0 Å². The zero-order valence-corrected chi connectivity index (χ0v) is 11.6. The lowest BCUT2D eigenvalue weighted by atomic mass is 9.77. The lowest BCUT2D eigenvalue weighted by Gasteiger charge is -2.42. The smallest absolute Gasteiger partial charge is 0.0724 e. The zero-order valence-electron chi connectivity index (χ0n) is 11.6. The molecular formula is C16H25NO. The summed E-state index contributed by atoms with van der Waals surface area (Å²) < 4.78 is 6.19. The monoisotopic (exact) mass is 247 g/mol. The molecule has 0 atom stereocenters. The molecule has 0 amide bonds. The molecule has 0 aliphatic heterocycles. The van der Waals surface area contributed by atoms with Gasteiger partial charge < -0.3 is 10.1 Å². The first-order valence-corrected chi connectivity index (χ1v) is 7.11. The summed E-state index contributed by atoms with van der Waals surface area (Å²) in [5, 5.41) is 3.49. The molecule has 2 rings (SSSR count). The van der Waals surface area contributed by atoms with Gasteiger partial charge in [0.1, 0.15) is 0 Å². The van der Waals surface area contributed by atoms with Crippen LogP contribution in [0.1, 0.15) is 45.1 Å². The van der Waals surface area contributed by atoms with Crippen molar-refractivity contribution in [3.63, 3.8) is 0 Å². The van der Waals surface area contributed by atoms with Crippen LogP contribution in [0.5, 0.6) is 0 Å². The van der Waals surface area contributed by atoms with Crippen LogP contribution < -0.4 is 5.32 Å². The van der Waals surface area contributed by atoms with Gasteiger partial charge in [-0.25, -0.2) is 0 Å². The highest BCUT2D eigenvalue weighted by Gasteiger charge is 2.37. The van der Waals surface area contributed by atoms with Crippen molar-refractivity contribution in [2.75, 3.05) is 6.54 Å². The number of ether oxygens (including phenoxy) is 1. The standard InChI is InChI=1S/C16H25NO/c1-14(2)17-12-11-16(9-6-10-16)18-13-15-7-4-3-5-8-15/h3-5,7-8,14,17H,6,9-13H2,1-2H3. The van der Waals surface area contributed by atoms with Gasteiger partial charge in [-0.2, -0.15) is 0 Å². The molecule has 1 fully saturated rings. The first kappa shape index (κ1) is 13.6. The Hall–Kier alpha value is -0.860. The summed E-state index contributed by atoms with van der Waals surface area (Å²) in [5.74, 6) is 0. The number of rotatable bonds is 7. The van der Waals surface area contributed by atoms with Crippen molar-refractivity contribution >= 4 is 0 Å². The topological polar surface area (TPSA) is 21.3 Å². The molecule has 1 saturated carbocycles. The van der Waals surface area contributed by atoms with Crippen molar-refractivity contribution in [1.29, 1.82) is 0 Å². The van der Waals surface area contributed by atoms with E-state index in [0.29, 0.717) is 6.04 Å². The van der Waals surface area contributed by atoms with E-state index < -0.39 is 0 Å². The first-order valence-electron chi connectivity index (χ1n) is 7.11. The number of hydrogen-bond acceptors (Lipinski definition) is 2. The highest BCUT2D eigenvalue weighted by Crippen LogP contribution is 2.39. The molecule has 2 nitrogen and oxygen atoms in total. The minimum Gasteiger partial charge on any atom is -0.370 e. The Kier molecular flexibility index (Phi) is 4.79. The molecule has 18 heavy (non-hydrogen) atoms. The average Bonchev–Trinajstić information content (AvgIpc) is 2.32. The Morgan fingerprint density at radius 2 is 1.94 bits per heavy atom. The Balaban J connectivity index is 1.78. The van der Waals surface area contributed by atoms with E-state index in [1.54, 1.807) is 0 Å². The Bertz CT molecular complexity index is 343. The predicted octanol–water partition coefficient (Wildman–Crippen LogP) is 3.51. The summed E-state index contributed by atoms with van der Waals surface area (Å²) in [7, 11) is 0. The molecular weight excluding hydrogens is 222 g/mol. The molecule has 0 aromatic heterocycles. The summed E-state index contributed by atoms with van der Waals surface area (Å²) >= 11 is 0. The van der Waals surface area contributed by atoms with Gasteiger partial charge in [0, 0.05) is 6.04 Å². The van der Waals surface area contributed by atoms with Crippen LogP contribution in [0.3, 0.4) is 0 Å². The fourth-order valence-corrected chi connectivity index (χ4v) is 2.44. The largest absolute Gasteiger partial charge is 0.370 e. The van der Waals surface area contributed by atoms with Crippen LogP contribution in [0.25, 0.3) is 0 Å². The van der Waals surface area contributed by atoms with Crippen LogP contribution in [-0.4, -0.2) is 18.2 Å². The Labute approximate surface area is 111 Å². The number of hydrogen-bond donors (Lipinski definition) is 1. The minimum absolute atomic E-state index is 0.151. The van der Waals surface area contributed by atoms with Gasteiger partial charge in [0.2, 0.25) is 0 Å². The van der Waals surface area contributed by atoms with E-state index >= 15 is 0 Å². The second-order valence-electron chi connectivity index (χ2n) is 5.67. The molecule has 100 valence electrons. The fourth-order valence-electron chi connectivity index (χ4n) is 2.44. The van der Waals surface area contributed by atoms with Gasteiger partial charge in [-0.3, -0.25) is 0 Å². The van der Waals surface area contributed by atoms with Crippen molar-refractivity contribution in [2.45, 2.75) is 57.8 Å². The quantitative estimate of drug-likeness (QED) is 0.796. The summed E-state index contributed by atoms with van der Waals surface area (Å²) in [6, 6.07) is 11.0.